The van der Waals surface area contributed by atoms with Gasteiger partial charge in [0.05, 0.1) is 32.6 Å². The quantitative estimate of drug-likeness (QED) is 0.723. The highest BCUT2D eigenvalue weighted by atomic mass is 16.5. The van der Waals surface area contributed by atoms with E-state index in [-0.39, 0.29) is 5.43 Å². The molecule has 134 valence electrons. The molecule has 0 spiro atoms. The van der Waals surface area contributed by atoms with E-state index in [1.807, 2.05) is 28.9 Å². The molecule has 6 nitrogen and oxygen atoms in total. The SMILES string of the molecule is COc1cc2c(cc1OC)CN(Cn1ncc(=O)c3ccccc31)CC2. The molecule has 2 heterocycles. The van der Waals surface area contributed by atoms with E-state index in [1.165, 1.54) is 17.3 Å². The van der Waals surface area contributed by atoms with E-state index >= 15 is 0 Å². The molecule has 1 aliphatic heterocycles. The lowest BCUT2D eigenvalue weighted by molar-refractivity contribution is 0.191. The van der Waals surface area contributed by atoms with Gasteiger partial charge >= 0.3 is 0 Å². The lowest BCUT2D eigenvalue weighted by Gasteiger charge is -2.30. The molecule has 0 bridgehead atoms. The Kier molecular flexibility index (Phi) is 4.34. The number of fused-ring (bicyclic) bond motifs is 2. The summed E-state index contributed by atoms with van der Waals surface area (Å²) in [4.78, 5) is 14.3. The van der Waals surface area contributed by atoms with E-state index in [4.69, 9.17) is 9.47 Å². The maximum Gasteiger partial charge on any atom is 0.207 e. The molecule has 0 fully saturated rings. The van der Waals surface area contributed by atoms with Crippen molar-refractivity contribution < 1.29 is 9.47 Å². The maximum absolute atomic E-state index is 12.0. The molecule has 0 aliphatic carbocycles. The van der Waals surface area contributed by atoms with E-state index in [0.29, 0.717) is 12.1 Å². The molecular formula is C20H21N3O3. The molecule has 26 heavy (non-hydrogen) atoms. The van der Waals surface area contributed by atoms with Crippen LogP contribution in [0.3, 0.4) is 0 Å². The summed E-state index contributed by atoms with van der Waals surface area (Å²) in [6.45, 7) is 2.36. The van der Waals surface area contributed by atoms with Crippen LogP contribution in [-0.2, 0) is 19.6 Å². The lowest BCUT2D eigenvalue weighted by Crippen LogP contribution is -2.33. The second kappa shape index (κ2) is 6.80. The van der Waals surface area contributed by atoms with E-state index in [2.05, 4.69) is 22.1 Å². The van der Waals surface area contributed by atoms with Gasteiger partial charge in [-0.2, -0.15) is 5.10 Å². The Balaban J connectivity index is 1.62. The average molecular weight is 351 g/mol. The monoisotopic (exact) mass is 351 g/mol. The van der Waals surface area contributed by atoms with E-state index in [0.717, 1.165) is 36.5 Å². The van der Waals surface area contributed by atoms with Gasteiger partial charge in [0.1, 0.15) is 0 Å². The molecule has 0 unspecified atom stereocenters. The first kappa shape index (κ1) is 16.6. The minimum atomic E-state index is -0.0438. The lowest BCUT2D eigenvalue weighted by atomic mass is 9.99. The summed E-state index contributed by atoms with van der Waals surface area (Å²) < 4.78 is 12.7. The predicted molar refractivity (Wildman–Crippen MR) is 99.7 cm³/mol. The topological polar surface area (TPSA) is 56.6 Å². The van der Waals surface area contributed by atoms with Crippen molar-refractivity contribution in [2.45, 2.75) is 19.6 Å². The van der Waals surface area contributed by atoms with Crippen molar-refractivity contribution in [1.29, 1.82) is 0 Å². The molecule has 0 radical (unpaired) electrons. The third-order valence-corrected chi connectivity index (χ3v) is 4.89. The standard InChI is InChI=1S/C20H21N3O3/c1-25-19-9-14-7-8-22(12-15(14)10-20(19)26-2)13-23-17-6-4-3-5-16(17)18(24)11-21-23/h3-6,9-11H,7-8,12-13H2,1-2H3. The van der Waals surface area contributed by atoms with Crippen LogP contribution in [0.5, 0.6) is 11.5 Å². The molecule has 0 N–H and O–H groups in total. The van der Waals surface area contributed by atoms with Gasteiger partial charge < -0.3 is 9.47 Å². The normalized spacial score (nSPS) is 14.2. The van der Waals surface area contributed by atoms with Gasteiger partial charge in [0.25, 0.3) is 0 Å². The first-order chi connectivity index (χ1) is 12.7. The Hall–Kier alpha value is -2.86. The minimum Gasteiger partial charge on any atom is -0.493 e. The van der Waals surface area contributed by atoms with Crippen LogP contribution in [0.4, 0.5) is 0 Å². The van der Waals surface area contributed by atoms with Crippen molar-refractivity contribution in [3.05, 3.63) is 63.9 Å². The van der Waals surface area contributed by atoms with Gasteiger partial charge in [-0.3, -0.25) is 14.4 Å². The molecule has 0 amide bonds. The van der Waals surface area contributed by atoms with Gasteiger partial charge in [-0.15, -0.1) is 0 Å². The number of aromatic nitrogens is 2. The van der Waals surface area contributed by atoms with Crippen LogP contribution >= 0.6 is 0 Å². The molecule has 0 saturated carbocycles. The molecule has 3 aromatic rings. The minimum absolute atomic E-state index is 0.0438. The molecule has 4 rings (SSSR count). The van der Waals surface area contributed by atoms with Crippen LogP contribution < -0.4 is 14.9 Å². The van der Waals surface area contributed by atoms with Gasteiger partial charge in [-0.25, -0.2) is 0 Å². The van der Waals surface area contributed by atoms with Crippen LogP contribution in [0.15, 0.2) is 47.4 Å². The van der Waals surface area contributed by atoms with Crippen LogP contribution in [0, 0.1) is 0 Å². The van der Waals surface area contributed by atoms with Crippen LogP contribution in [0.2, 0.25) is 0 Å². The number of nitrogens with zero attached hydrogens (tertiary/aromatic N) is 3. The third kappa shape index (κ3) is 2.93. The Labute approximate surface area is 151 Å². The van der Waals surface area contributed by atoms with Crippen molar-refractivity contribution in [3.63, 3.8) is 0 Å². The van der Waals surface area contributed by atoms with Crippen LogP contribution in [0.25, 0.3) is 10.9 Å². The first-order valence-electron chi connectivity index (χ1n) is 8.60. The molecule has 1 aliphatic rings. The zero-order valence-electron chi connectivity index (χ0n) is 14.9. The fourth-order valence-corrected chi connectivity index (χ4v) is 3.53. The Morgan fingerprint density at radius 3 is 2.58 bits per heavy atom. The summed E-state index contributed by atoms with van der Waals surface area (Å²) in [5, 5.41) is 5.04. The summed E-state index contributed by atoms with van der Waals surface area (Å²) in [6.07, 6.45) is 2.34. The fourth-order valence-electron chi connectivity index (χ4n) is 3.53. The van der Waals surface area contributed by atoms with E-state index in [9.17, 15) is 4.79 Å². The van der Waals surface area contributed by atoms with Crippen molar-refractivity contribution in [1.82, 2.24) is 14.7 Å². The molecule has 6 heteroatoms. The average Bonchev–Trinajstić information content (AvgIpc) is 2.69. The highest BCUT2D eigenvalue weighted by molar-refractivity contribution is 5.77. The van der Waals surface area contributed by atoms with Gasteiger partial charge in [0, 0.05) is 18.5 Å². The molecule has 0 atom stereocenters. The zero-order chi connectivity index (χ0) is 18.1. The van der Waals surface area contributed by atoms with Gasteiger partial charge in [0.2, 0.25) is 5.43 Å². The molecule has 2 aromatic carbocycles. The first-order valence-corrected chi connectivity index (χ1v) is 8.60. The number of rotatable bonds is 4. The number of benzene rings is 2. The van der Waals surface area contributed by atoms with Crippen molar-refractivity contribution in [3.8, 4) is 11.5 Å². The van der Waals surface area contributed by atoms with Gasteiger partial charge in [-0.05, 0) is 41.8 Å². The highest BCUT2D eigenvalue weighted by Crippen LogP contribution is 2.33. The molecular weight excluding hydrogens is 330 g/mol. The maximum atomic E-state index is 12.0. The number of hydrogen-bond acceptors (Lipinski definition) is 5. The van der Waals surface area contributed by atoms with Crippen LogP contribution in [-0.4, -0.2) is 35.4 Å². The number of methoxy groups -OCH3 is 2. The number of hydrogen-bond donors (Lipinski definition) is 0. The second-order valence-electron chi connectivity index (χ2n) is 6.45. The second-order valence-corrected chi connectivity index (χ2v) is 6.45. The van der Waals surface area contributed by atoms with Gasteiger partial charge in [-0.1, -0.05) is 12.1 Å². The molecule has 0 saturated heterocycles. The fraction of sp³-hybridized carbons (Fsp3) is 0.300. The summed E-state index contributed by atoms with van der Waals surface area (Å²) in [7, 11) is 3.31. The van der Waals surface area contributed by atoms with Crippen molar-refractivity contribution >= 4 is 10.9 Å². The van der Waals surface area contributed by atoms with Crippen molar-refractivity contribution in [2.24, 2.45) is 0 Å². The highest BCUT2D eigenvalue weighted by Gasteiger charge is 2.20. The summed E-state index contributed by atoms with van der Waals surface area (Å²) in [6, 6.07) is 11.7. The third-order valence-electron chi connectivity index (χ3n) is 4.89. The predicted octanol–water partition coefficient (Wildman–Crippen LogP) is 2.43. The van der Waals surface area contributed by atoms with Crippen LogP contribution in [0.1, 0.15) is 11.1 Å². The smallest absolute Gasteiger partial charge is 0.207 e. The Morgan fingerprint density at radius 1 is 1.08 bits per heavy atom. The van der Waals surface area contributed by atoms with Crippen molar-refractivity contribution in [2.75, 3.05) is 20.8 Å². The Bertz CT molecular complexity index is 1010. The van der Waals surface area contributed by atoms with E-state index in [1.54, 1.807) is 14.2 Å². The number of para-hydroxylation sites is 1. The zero-order valence-corrected chi connectivity index (χ0v) is 14.9. The van der Waals surface area contributed by atoms with E-state index < -0.39 is 0 Å². The molecule has 1 aromatic heterocycles. The largest absolute Gasteiger partial charge is 0.493 e. The summed E-state index contributed by atoms with van der Waals surface area (Å²) in [5.74, 6) is 1.52. The summed E-state index contributed by atoms with van der Waals surface area (Å²) >= 11 is 0. The Morgan fingerprint density at radius 2 is 1.81 bits per heavy atom. The van der Waals surface area contributed by atoms with Gasteiger partial charge in [0.15, 0.2) is 11.5 Å². The number of ether oxygens (including phenoxy) is 2. The summed E-state index contributed by atoms with van der Waals surface area (Å²) in [5.41, 5.74) is 3.34.